The molecule has 106 valence electrons. The van der Waals surface area contributed by atoms with Crippen LogP contribution in [0.15, 0.2) is 22.7 Å². The van der Waals surface area contributed by atoms with E-state index in [1.54, 1.807) is 6.07 Å². The lowest BCUT2D eigenvalue weighted by molar-refractivity contribution is 0.0947. The van der Waals surface area contributed by atoms with E-state index in [2.05, 4.69) is 26.6 Å². The molecule has 0 bridgehead atoms. The van der Waals surface area contributed by atoms with Crippen molar-refractivity contribution in [2.24, 2.45) is 5.92 Å². The van der Waals surface area contributed by atoms with Gasteiger partial charge in [0.25, 0.3) is 5.91 Å². The van der Waals surface area contributed by atoms with E-state index >= 15 is 0 Å². The van der Waals surface area contributed by atoms with Crippen molar-refractivity contribution in [2.75, 3.05) is 19.6 Å². The maximum atomic E-state index is 13.5. The fourth-order valence-electron chi connectivity index (χ4n) is 2.12. The van der Waals surface area contributed by atoms with Gasteiger partial charge in [0.05, 0.1) is 5.56 Å². The second-order valence-electron chi connectivity index (χ2n) is 4.53. The first-order valence-corrected chi connectivity index (χ1v) is 6.90. The first-order valence-electron chi connectivity index (χ1n) is 6.11. The minimum atomic E-state index is -0.488. The fraction of sp³-hybridized carbons (Fsp3) is 0.462. The lowest BCUT2D eigenvalue weighted by Crippen LogP contribution is -2.27. The van der Waals surface area contributed by atoms with Gasteiger partial charge in [0.15, 0.2) is 0 Å². The molecule has 1 aromatic carbocycles. The largest absolute Gasteiger partial charge is 0.352 e. The molecule has 1 aromatic rings. The Bertz CT molecular complexity index is 439. The van der Waals surface area contributed by atoms with Crippen LogP contribution in [0.4, 0.5) is 4.39 Å². The lowest BCUT2D eigenvalue weighted by atomic mass is 10.1. The van der Waals surface area contributed by atoms with Gasteiger partial charge in [-0.15, -0.1) is 12.4 Å². The van der Waals surface area contributed by atoms with E-state index in [1.807, 2.05) is 0 Å². The Kier molecular flexibility index (Phi) is 6.75. The maximum absolute atomic E-state index is 13.5. The predicted octanol–water partition coefficient (Wildman–Crippen LogP) is 2.74. The van der Waals surface area contributed by atoms with Gasteiger partial charge in [-0.3, -0.25) is 4.79 Å². The molecule has 1 saturated heterocycles. The van der Waals surface area contributed by atoms with Gasteiger partial charge >= 0.3 is 0 Å². The van der Waals surface area contributed by atoms with Gasteiger partial charge in [-0.1, -0.05) is 15.9 Å². The third-order valence-electron chi connectivity index (χ3n) is 3.17. The summed E-state index contributed by atoms with van der Waals surface area (Å²) in [7, 11) is 0. The summed E-state index contributed by atoms with van der Waals surface area (Å²) in [5.74, 6) is -0.212. The van der Waals surface area contributed by atoms with Gasteiger partial charge in [-0.05, 0) is 50.0 Å². The molecule has 1 fully saturated rings. The Labute approximate surface area is 126 Å². The summed E-state index contributed by atoms with van der Waals surface area (Å²) in [6, 6.07) is 4.37. The maximum Gasteiger partial charge on any atom is 0.254 e. The number of carbonyl (C=O) groups excluding carboxylic acids is 1. The van der Waals surface area contributed by atoms with E-state index in [-0.39, 0.29) is 23.9 Å². The zero-order valence-corrected chi connectivity index (χ0v) is 12.8. The second-order valence-corrected chi connectivity index (χ2v) is 5.44. The van der Waals surface area contributed by atoms with Gasteiger partial charge in [0.1, 0.15) is 5.82 Å². The third-order valence-corrected chi connectivity index (χ3v) is 3.67. The third kappa shape index (κ3) is 4.75. The molecule has 1 amide bonds. The van der Waals surface area contributed by atoms with Crippen LogP contribution in [0, 0.1) is 11.7 Å². The molecular weight excluding hydrogens is 335 g/mol. The molecule has 0 saturated carbocycles. The van der Waals surface area contributed by atoms with Gasteiger partial charge in [0, 0.05) is 11.0 Å². The summed E-state index contributed by atoms with van der Waals surface area (Å²) in [4.78, 5) is 11.8. The van der Waals surface area contributed by atoms with E-state index in [0.29, 0.717) is 16.9 Å². The van der Waals surface area contributed by atoms with Gasteiger partial charge in [0.2, 0.25) is 0 Å². The van der Waals surface area contributed by atoms with Crippen LogP contribution >= 0.6 is 28.3 Å². The van der Waals surface area contributed by atoms with Crippen molar-refractivity contribution >= 4 is 34.2 Å². The average molecular weight is 352 g/mol. The molecule has 3 nitrogen and oxygen atoms in total. The Balaban J connectivity index is 0.00000180. The monoisotopic (exact) mass is 350 g/mol. The number of rotatable bonds is 4. The van der Waals surface area contributed by atoms with E-state index in [0.717, 1.165) is 25.9 Å². The molecule has 0 spiro atoms. The van der Waals surface area contributed by atoms with Crippen LogP contribution in [-0.2, 0) is 0 Å². The molecule has 1 aliphatic rings. The molecule has 19 heavy (non-hydrogen) atoms. The quantitative estimate of drug-likeness (QED) is 0.876. The summed E-state index contributed by atoms with van der Waals surface area (Å²) < 4.78 is 14.2. The van der Waals surface area contributed by atoms with Crippen molar-refractivity contribution in [1.82, 2.24) is 10.6 Å². The molecule has 1 heterocycles. The van der Waals surface area contributed by atoms with E-state index in [4.69, 9.17) is 0 Å². The fourth-order valence-corrected chi connectivity index (χ4v) is 2.48. The summed E-state index contributed by atoms with van der Waals surface area (Å²) in [6.07, 6.45) is 2.09. The summed E-state index contributed by atoms with van der Waals surface area (Å²) in [6.45, 7) is 2.66. The van der Waals surface area contributed by atoms with Crippen LogP contribution in [0.2, 0.25) is 0 Å². The molecule has 2 N–H and O–H groups in total. The van der Waals surface area contributed by atoms with Crippen LogP contribution in [0.1, 0.15) is 23.2 Å². The summed E-state index contributed by atoms with van der Waals surface area (Å²) in [5.41, 5.74) is 0.0916. The van der Waals surface area contributed by atoms with Crippen molar-refractivity contribution in [3.8, 4) is 0 Å². The smallest absolute Gasteiger partial charge is 0.254 e. The number of benzene rings is 1. The minimum absolute atomic E-state index is 0. The standard InChI is InChI=1S/C13H16BrFN2O.ClH/c14-10-1-2-12(15)11(7-10)13(18)17-6-4-9-3-5-16-8-9;/h1-2,7,9,16H,3-6,8H2,(H,17,18);1H. The number of hydrogen-bond donors (Lipinski definition) is 2. The van der Waals surface area contributed by atoms with Crippen molar-refractivity contribution < 1.29 is 9.18 Å². The highest BCUT2D eigenvalue weighted by molar-refractivity contribution is 9.10. The van der Waals surface area contributed by atoms with Crippen molar-refractivity contribution in [3.63, 3.8) is 0 Å². The Hall–Kier alpha value is -0.650. The second kappa shape index (κ2) is 7.82. The van der Waals surface area contributed by atoms with Crippen molar-refractivity contribution in [2.45, 2.75) is 12.8 Å². The molecule has 0 aromatic heterocycles. The topological polar surface area (TPSA) is 41.1 Å². The van der Waals surface area contributed by atoms with Gasteiger partial charge in [-0.2, -0.15) is 0 Å². The van der Waals surface area contributed by atoms with Crippen molar-refractivity contribution in [3.05, 3.63) is 34.1 Å². The highest BCUT2D eigenvalue weighted by Gasteiger charge is 2.15. The first kappa shape index (κ1) is 16.4. The number of halogens is 3. The van der Waals surface area contributed by atoms with Crippen LogP contribution in [-0.4, -0.2) is 25.5 Å². The molecule has 6 heteroatoms. The number of nitrogens with one attached hydrogen (secondary N) is 2. The van der Waals surface area contributed by atoms with Crippen LogP contribution in [0.3, 0.4) is 0 Å². The number of amides is 1. The Morgan fingerprint density at radius 1 is 1.53 bits per heavy atom. The molecule has 1 unspecified atom stereocenters. The molecule has 1 atom stereocenters. The number of hydrogen-bond acceptors (Lipinski definition) is 2. The molecule has 0 aliphatic carbocycles. The molecular formula is C13H17BrClFN2O. The molecule has 2 rings (SSSR count). The van der Waals surface area contributed by atoms with Gasteiger partial charge < -0.3 is 10.6 Å². The van der Waals surface area contributed by atoms with E-state index in [1.165, 1.54) is 12.1 Å². The van der Waals surface area contributed by atoms with Crippen LogP contribution in [0.5, 0.6) is 0 Å². The Morgan fingerprint density at radius 3 is 3.00 bits per heavy atom. The lowest BCUT2D eigenvalue weighted by Gasteiger charge is -2.10. The minimum Gasteiger partial charge on any atom is -0.352 e. The average Bonchev–Trinajstić information content (AvgIpc) is 2.85. The van der Waals surface area contributed by atoms with E-state index in [9.17, 15) is 9.18 Å². The van der Waals surface area contributed by atoms with Crippen molar-refractivity contribution in [1.29, 1.82) is 0 Å². The summed E-state index contributed by atoms with van der Waals surface area (Å²) >= 11 is 3.23. The van der Waals surface area contributed by atoms with Crippen LogP contribution in [0.25, 0.3) is 0 Å². The number of carbonyl (C=O) groups is 1. The summed E-state index contributed by atoms with van der Waals surface area (Å²) in [5, 5.41) is 6.05. The highest BCUT2D eigenvalue weighted by atomic mass is 79.9. The normalized spacial score (nSPS) is 17.9. The van der Waals surface area contributed by atoms with E-state index < -0.39 is 5.82 Å². The first-order chi connectivity index (χ1) is 8.66. The molecule has 0 radical (unpaired) electrons. The molecule has 1 aliphatic heterocycles. The highest BCUT2D eigenvalue weighted by Crippen LogP contribution is 2.16. The predicted molar refractivity (Wildman–Crippen MR) is 79.3 cm³/mol. The zero-order valence-electron chi connectivity index (χ0n) is 10.4. The zero-order chi connectivity index (χ0) is 13.0. The SMILES string of the molecule is Cl.O=C(NCCC1CCNC1)c1cc(Br)ccc1F. The van der Waals surface area contributed by atoms with Gasteiger partial charge in [-0.25, -0.2) is 4.39 Å². The Morgan fingerprint density at radius 2 is 2.32 bits per heavy atom. The van der Waals surface area contributed by atoms with Crippen LogP contribution < -0.4 is 10.6 Å².